The van der Waals surface area contributed by atoms with Crippen molar-refractivity contribution in [2.45, 2.75) is 11.8 Å². The highest BCUT2D eigenvalue weighted by molar-refractivity contribution is 7.93. The maximum atomic E-state index is 13.5. The van der Waals surface area contributed by atoms with E-state index in [1.165, 1.54) is 10.5 Å². The molecule has 0 atom stereocenters. The Kier molecular flexibility index (Phi) is 5.66. The van der Waals surface area contributed by atoms with Gasteiger partial charge in [-0.15, -0.1) is 0 Å². The summed E-state index contributed by atoms with van der Waals surface area (Å²) in [4.78, 5) is 6.36. The lowest BCUT2D eigenvalue weighted by Crippen LogP contribution is -2.58. The van der Waals surface area contributed by atoms with Crippen LogP contribution < -0.4 is 9.04 Å². The number of nitriles is 2. The van der Waals surface area contributed by atoms with E-state index < -0.39 is 15.3 Å². The number of hydrogen-bond acceptors (Lipinski definition) is 7. The van der Waals surface area contributed by atoms with E-state index in [1.54, 1.807) is 42.6 Å². The highest BCUT2D eigenvalue weighted by atomic mass is 32.2. The number of pyridine rings is 1. The van der Waals surface area contributed by atoms with Gasteiger partial charge in [-0.1, -0.05) is 24.3 Å². The summed E-state index contributed by atoms with van der Waals surface area (Å²) in [6.07, 6.45) is 3.19. The van der Waals surface area contributed by atoms with Gasteiger partial charge in [0.15, 0.2) is 5.75 Å². The van der Waals surface area contributed by atoms with Crippen LogP contribution in [0.4, 0.5) is 5.69 Å². The van der Waals surface area contributed by atoms with Crippen LogP contribution in [0.25, 0.3) is 11.1 Å². The fourth-order valence-corrected chi connectivity index (χ4v) is 6.17. The van der Waals surface area contributed by atoms with Crippen molar-refractivity contribution in [3.05, 3.63) is 77.6 Å². The maximum absolute atomic E-state index is 13.5. The van der Waals surface area contributed by atoms with Crippen molar-refractivity contribution in [3.8, 4) is 29.0 Å². The normalized spacial score (nSPS) is 16.0. The Morgan fingerprint density at radius 2 is 1.62 bits per heavy atom. The van der Waals surface area contributed by atoms with Crippen LogP contribution in [0.15, 0.2) is 60.9 Å². The molecular weight excluding hydrogens is 450 g/mol. The zero-order valence-electron chi connectivity index (χ0n) is 18.3. The number of ether oxygens (including phenoxy) is 1. The van der Waals surface area contributed by atoms with Gasteiger partial charge in [0.25, 0.3) is 0 Å². The summed E-state index contributed by atoms with van der Waals surface area (Å²) >= 11 is 0. The number of sulfonamides is 1. The van der Waals surface area contributed by atoms with Crippen LogP contribution in [0, 0.1) is 22.7 Å². The first-order chi connectivity index (χ1) is 16.5. The summed E-state index contributed by atoms with van der Waals surface area (Å²) in [6, 6.07) is 18.6. The fraction of sp³-hybridized carbons (Fsp3) is 0.240. The van der Waals surface area contributed by atoms with E-state index >= 15 is 0 Å². The van der Waals surface area contributed by atoms with E-state index in [0.717, 1.165) is 11.1 Å². The van der Waals surface area contributed by atoms with Crippen LogP contribution in [0.2, 0.25) is 0 Å². The molecule has 0 radical (unpaired) electrons. The van der Waals surface area contributed by atoms with E-state index in [4.69, 9.17) is 15.3 Å². The highest BCUT2D eigenvalue weighted by Gasteiger charge is 2.43. The number of rotatable bonds is 5. The quantitative estimate of drug-likeness (QED) is 0.563. The molecule has 0 bridgehead atoms. The number of fused-ring (bicyclic) bond motifs is 1. The molecule has 3 aromatic rings. The van der Waals surface area contributed by atoms with Crippen molar-refractivity contribution < 1.29 is 13.2 Å². The Labute approximate surface area is 198 Å². The summed E-state index contributed by atoms with van der Waals surface area (Å²) in [5.41, 5.74) is 4.13. The Bertz CT molecular complexity index is 1400. The van der Waals surface area contributed by atoms with Gasteiger partial charge in [-0.2, -0.15) is 10.5 Å². The zero-order valence-corrected chi connectivity index (χ0v) is 19.1. The molecule has 1 saturated heterocycles. The molecule has 1 aromatic heterocycles. The molecule has 5 rings (SSSR count). The number of nitrogens with zero attached hydrogens (tertiary/aromatic N) is 5. The van der Waals surface area contributed by atoms with Crippen molar-refractivity contribution in [3.63, 3.8) is 0 Å². The summed E-state index contributed by atoms with van der Waals surface area (Å²) in [5.74, 6) is 0.489. The molecule has 34 heavy (non-hydrogen) atoms. The third-order valence-corrected chi connectivity index (χ3v) is 8.29. The first-order valence-electron chi connectivity index (χ1n) is 10.8. The second-order valence-electron chi connectivity index (χ2n) is 8.31. The first kappa shape index (κ1) is 21.9. The van der Waals surface area contributed by atoms with Crippen LogP contribution in [-0.4, -0.2) is 49.8 Å². The molecule has 0 saturated carbocycles. The highest BCUT2D eigenvalue weighted by Crippen LogP contribution is 2.41. The van der Waals surface area contributed by atoms with E-state index in [9.17, 15) is 8.42 Å². The molecule has 2 aliphatic heterocycles. The zero-order chi connectivity index (χ0) is 23.7. The molecule has 170 valence electrons. The van der Waals surface area contributed by atoms with Crippen molar-refractivity contribution in [2.75, 3.05) is 30.5 Å². The Balaban J connectivity index is 1.34. The van der Waals surface area contributed by atoms with Gasteiger partial charge in [0.05, 0.1) is 36.0 Å². The van der Waals surface area contributed by atoms with Crippen molar-refractivity contribution in [1.82, 2.24) is 9.88 Å². The lowest BCUT2D eigenvalue weighted by Gasteiger charge is -2.42. The maximum Gasteiger partial charge on any atom is 0.240 e. The van der Waals surface area contributed by atoms with Crippen molar-refractivity contribution >= 4 is 15.7 Å². The third-order valence-electron chi connectivity index (χ3n) is 6.15. The summed E-state index contributed by atoms with van der Waals surface area (Å²) in [5, 5.41) is 17.5. The van der Waals surface area contributed by atoms with E-state index in [2.05, 4.69) is 22.0 Å². The Morgan fingerprint density at radius 3 is 2.26 bits per heavy atom. The predicted octanol–water partition coefficient (Wildman–Crippen LogP) is 2.90. The molecule has 2 aromatic carbocycles. The lowest BCUT2D eigenvalue weighted by atomic mass is 10.0. The summed E-state index contributed by atoms with van der Waals surface area (Å²) in [6.45, 7) is 2.01. The van der Waals surface area contributed by atoms with Gasteiger partial charge >= 0.3 is 0 Å². The smallest absolute Gasteiger partial charge is 0.240 e. The standard InChI is InChI=1S/C25H21N5O3S/c26-11-18-1-3-20(4-2-18)15-29-16-22(17-29)34(31,32)30-9-10-33-25-23(13-28-14-24(25)30)21-7-5-19(12-27)6-8-21/h1-8,13-14,22H,9-10,15-17H2. The van der Waals surface area contributed by atoms with Crippen LogP contribution in [-0.2, 0) is 16.6 Å². The molecule has 3 heterocycles. The van der Waals surface area contributed by atoms with Crippen molar-refractivity contribution in [2.24, 2.45) is 0 Å². The average Bonchev–Trinajstić information content (AvgIpc) is 2.85. The molecular formula is C25H21N5O3S. The van der Waals surface area contributed by atoms with Crippen LogP contribution in [0.5, 0.6) is 5.75 Å². The molecule has 0 unspecified atom stereocenters. The third kappa shape index (κ3) is 3.96. The second-order valence-corrected chi connectivity index (χ2v) is 10.5. The molecule has 1 fully saturated rings. The van der Waals surface area contributed by atoms with Gasteiger partial charge in [0.2, 0.25) is 10.0 Å². The van der Waals surface area contributed by atoms with Crippen LogP contribution in [0.1, 0.15) is 16.7 Å². The number of likely N-dealkylation sites (tertiary alicyclic amines) is 1. The Hall–Kier alpha value is -3.92. The molecule has 2 aliphatic rings. The second kappa shape index (κ2) is 8.79. The van der Waals surface area contributed by atoms with Gasteiger partial charge in [0.1, 0.15) is 17.5 Å². The molecule has 0 amide bonds. The van der Waals surface area contributed by atoms with Gasteiger partial charge in [-0.3, -0.25) is 14.2 Å². The number of anilines is 1. The largest absolute Gasteiger partial charge is 0.489 e. The van der Waals surface area contributed by atoms with Crippen LogP contribution >= 0.6 is 0 Å². The average molecular weight is 472 g/mol. The first-order valence-corrected chi connectivity index (χ1v) is 12.3. The topological polar surface area (TPSA) is 110 Å². The monoisotopic (exact) mass is 471 g/mol. The van der Waals surface area contributed by atoms with Gasteiger partial charge < -0.3 is 4.74 Å². The SMILES string of the molecule is N#Cc1ccc(CN2CC(S(=O)(=O)N3CCOc4c(-c5ccc(C#N)cc5)cncc43)C2)cc1. The van der Waals surface area contributed by atoms with Gasteiger partial charge in [-0.05, 0) is 35.4 Å². The molecule has 0 N–H and O–H groups in total. The lowest BCUT2D eigenvalue weighted by molar-refractivity contribution is 0.175. The predicted molar refractivity (Wildman–Crippen MR) is 126 cm³/mol. The number of aromatic nitrogens is 1. The molecule has 8 nitrogen and oxygen atoms in total. The minimum atomic E-state index is -3.60. The minimum Gasteiger partial charge on any atom is -0.489 e. The van der Waals surface area contributed by atoms with Crippen molar-refractivity contribution in [1.29, 1.82) is 10.5 Å². The van der Waals surface area contributed by atoms with E-state index in [1.807, 2.05) is 12.1 Å². The minimum absolute atomic E-state index is 0.236. The van der Waals surface area contributed by atoms with Crippen LogP contribution in [0.3, 0.4) is 0 Å². The number of hydrogen-bond donors (Lipinski definition) is 0. The molecule has 0 spiro atoms. The van der Waals surface area contributed by atoms with E-state index in [-0.39, 0.29) is 13.2 Å². The van der Waals surface area contributed by atoms with Gasteiger partial charge in [-0.25, -0.2) is 8.42 Å². The molecule has 0 aliphatic carbocycles. The van der Waals surface area contributed by atoms with Gasteiger partial charge in [0, 0.05) is 31.4 Å². The van der Waals surface area contributed by atoms with E-state index in [0.29, 0.717) is 47.8 Å². The summed E-state index contributed by atoms with van der Waals surface area (Å²) in [7, 11) is -3.60. The number of benzene rings is 2. The summed E-state index contributed by atoms with van der Waals surface area (Å²) < 4.78 is 34.3. The fourth-order valence-electron chi connectivity index (χ4n) is 4.28. The Morgan fingerprint density at radius 1 is 0.971 bits per heavy atom. The molecule has 9 heteroatoms.